The predicted molar refractivity (Wildman–Crippen MR) is 78.9 cm³/mol. The molecule has 2 nitrogen and oxygen atoms in total. The summed E-state index contributed by atoms with van der Waals surface area (Å²) in [7, 11) is 0. The summed E-state index contributed by atoms with van der Waals surface area (Å²) in [4.78, 5) is 11.7. The summed E-state index contributed by atoms with van der Waals surface area (Å²) < 4.78 is 0.770. The fraction of sp³-hybridized carbons (Fsp3) is 0.0625. The van der Waals surface area contributed by atoms with Crippen LogP contribution >= 0.6 is 11.3 Å². The zero-order valence-electron chi connectivity index (χ0n) is 10.4. The molecule has 0 saturated heterocycles. The van der Waals surface area contributed by atoms with E-state index < -0.39 is 0 Å². The summed E-state index contributed by atoms with van der Waals surface area (Å²) in [6, 6.07) is 13.7. The molecule has 0 bridgehead atoms. The Morgan fingerprint density at radius 3 is 2.58 bits per heavy atom. The van der Waals surface area contributed by atoms with Crippen LogP contribution in [0.4, 0.5) is 0 Å². The number of carbonyl (C=O) groups is 1. The van der Waals surface area contributed by atoms with Gasteiger partial charge in [0.05, 0.1) is 10.3 Å². The van der Waals surface area contributed by atoms with Gasteiger partial charge < -0.3 is 5.11 Å². The van der Waals surface area contributed by atoms with Crippen LogP contribution in [0.25, 0.3) is 21.2 Å². The maximum Gasteiger partial charge on any atom is 0.163 e. The number of Topliss-reactive ketones (excluding diaryl/α,β-unsaturated/α-hetero) is 1. The van der Waals surface area contributed by atoms with E-state index >= 15 is 0 Å². The van der Waals surface area contributed by atoms with Crippen molar-refractivity contribution >= 4 is 27.2 Å². The summed E-state index contributed by atoms with van der Waals surface area (Å²) in [5, 5.41) is 13.1. The number of carbonyl (C=O) groups excluding carboxylic acids is 1. The Kier molecular flexibility index (Phi) is 2.84. The Morgan fingerprint density at radius 1 is 1.16 bits per heavy atom. The lowest BCUT2D eigenvalue weighted by Gasteiger charge is -2.09. The molecule has 1 aromatic heterocycles. The molecule has 0 spiro atoms. The van der Waals surface area contributed by atoms with Crippen molar-refractivity contribution in [1.29, 1.82) is 0 Å². The zero-order chi connectivity index (χ0) is 13.4. The smallest absolute Gasteiger partial charge is 0.163 e. The predicted octanol–water partition coefficient (Wildman–Crippen LogP) is 4.48. The van der Waals surface area contributed by atoms with Crippen LogP contribution in [-0.4, -0.2) is 10.9 Å². The van der Waals surface area contributed by atoms with Crippen molar-refractivity contribution in [1.82, 2.24) is 0 Å². The lowest BCUT2D eigenvalue weighted by molar-refractivity contribution is 0.101. The molecule has 0 saturated carbocycles. The second-order valence-corrected chi connectivity index (χ2v) is 5.32. The summed E-state index contributed by atoms with van der Waals surface area (Å²) in [5.41, 5.74) is 2.42. The maximum absolute atomic E-state index is 11.7. The highest BCUT2D eigenvalue weighted by molar-refractivity contribution is 7.17. The van der Waals surface area contributed by atoms with Crippen molar-refractivity contribution in [2.24, 2.45) is 0 Å². The largest absolute Gasteiger partial charge is 0.506 e. The van der Waals surface area contributed by atoms with Gasteiger partial charge in [-0.05, 0) is 35.6 Å². The normalized spacial score (nSPS) is 10.8. The van der Waals surface area contributed by atoms with Gasteiger partial charge in [0.2, 0.25) is 0 Å². The van der Waals surface area contributed by atoms with Gasteiger partial charge in [-0.2, -0.15) is 0 Å². The first-order valence-corrected chi connectivity index (χ1v) is 6.86. The highest BCUT2D eigenvalue weighted by Crippen LogP contribution is 2.40. The third-order valence-electron chi connectivity index (χ3n) is 3.18. The second kappa shape index (κ2) is 4.52. The van der Waals surface area contributed by atoms with E-state index in [0.717, 1.165) is 21.2 Å². The van der Waals surface area contributed by atoms with Crippen LogP contribution in [0.15, 0.2) is 47.8 Å². The standard InChI is InChI=1S/C16H12O2S/c1-10(17)13-9-14(11-5-3-2-4-6-11)12-7-8-19-16(12)15(13)18/h2-9,18H,1H3. The van der Waals surface area contributed by atoms with Crippen LogP contribution in [0.5, 0.6) is 5.75 Å². The van der Waals surface area contributed by atoms with Gasteiger partial charge in [-0.1, -0.05) is 30.3 Å². The summed E-state index contributed by atoms with van der Waals surface area (Å²) in [6.45, 7) is 1.48. The van der Waals surface area contributed by atoms with Gasteiger partial charge in [-0.25, -0.2) is 0 Å². The molecule has 1 heterocycles. The third-order valence-corrected chi connectivity index (χ3v) is 4.10. The molecule has 2 aromatic carbocycles. The van der Waals surface area contributed by atoms with Crippen LogP contribution in [0.3, 0.4) is 0 Å². The van der Waals surface area contributed by atoms with Crippen LogP contribution in [-0.2, 0) is 0 Å². The molecule has 0 fully saturated rings. The van der Waals surface area contributed by atoms with Crippen LogP contribution in [0, 0.1) is 0 Å². The summed E-state index contributed by atoms with van der Waals surface area (Å²) in [5.74, 6) is -0.0258. The molecule has 3 aromatic rings. The number of hydrogen-bond acceptors (Lipinski definition) is 3. The quantitative estimate of drug-likeness (QED) is 0.696. The molecule has 3 heteroatoms. The highest BCUT2D eigenvalue weighted by Gasteiger charge is 2.16. The number of phenols is 1. The zero-order valence-corrected chi connectivity index (χ0v) is 11.2. The molecule has 0 atom stereocenters. The second-order valence-electron chi connectivity index (χ2n) is 4.41. The number of phenolic OH excluding ortho intramolecular Hbond substituents is 1. The summed E-state index contributed by atoms with van der Waals surface area (Å²) >= 11 is 1.45. The van der Waals surface area contributed by atoms with Gasteiger partial charge in [0.25, 0.3) is 0 Å². The third kappa shape index (κ3) is 1.92. The van der Waals surface area contributed by atoms with Gasteiger partial charge in [0.1, 0.15) is 5.75 Å². The van der Waals surface area contributed by atoms with E-state index in [-0.39, 0.29) is 11.5 Å². The highest BCUT2D eigenvalue weighted by atomic mass is 32.1. The fourth-order valence-electron chi connectivity index (χ4n) is 2.24. The Bertz CT molecular complexity index is 757. The van der Waals surface area contributed by atoms with Gasteiger partial charge in [-0.3, -0.25) is 4.79 Å². The minimum Gasteiger partial charge on any atom is -0.506 e. The Morgan fingerprint density at radius 2 is 1.89 bits per heavy atom. The van der Waals surface area contributed by atoms with Gasteiger partial charge in [0.15, 0.2) is 5.78 Å². The topological polar surface area (TPSA) is 37.3 Å². The first-order chi connectivity index (χ1) is 9.18. The number of thiophene rings is 1. The van der Waals surface area contributed by atoms with E-state index in [0.29, 0.717) is 5.56 Å². The minimum absolute atomic E-state index is 0.0946. The number of hydrogen-bond donors (Lipinski definition) is 1. The number of benzene rings is 2. The molecule has 1 N–H and O–H groups in total. The Labute approximate surface area is 114 Å². The molecule has 0 radical (unpaired) electrons. The van der Waals surface area contributed by atoms with E-state index in [1.807, 2.05) is 41.8 Å². The van der Waals surface area contributed by atoms with Gasteiger partial charge in [0, 0.05) is 5.39 Å². The van der Waals surface area contributed by atoms with Crippen LogP contribution < -0.4 is 0 Å². The molecule has 0 amide bonds. The number of ketones is 1. The van der Waals surface area contributed by atoms with Crippen LogP contribution in [0.2, 0.25) is 0 Å². The first-order valence-electron chi connectivity index (χ1n) is 5.98. The molecule has 0 aliphatic rings. The fourth-order valence-corrected chi connectivity index (χ4v) is 3.11. The van der Waals surface area contributed by atoms with Crippen molar-refractivity contribution in [3.63, 3.8) is 0 Å². The van der Waals surface area contributed by atoms with E-state index in [4.69, 9.17) is 0 Å². The van der Waals surface area contributed by atoms with E-state index in [1.165, 1.54) is 18.3 Å². The molecule has 0 aliphatic carbocycles. The van der Waals surface area contributed by atoms with Crippen molar-refractivity contribution in [3.05, 3.63) is 53.4 Å². The number of fused-ring (bicyclic) bond motifs is 1. The van der Waals surface area contributed by atoms with Crippen LogP contribution in [0.1, 0.15) is 17.3 Å². The summed E-state index contributed by atoms with van der Waals surface area (Å²) in [6.07, 6.45) is 0. The molecule has 94 valence electrons. The van der Waals surface area contributed by atoms with Gasteiger partial charge in [-0.15, -0.1) is 11.3 Å². The molecule has 0 aliphatic heterocycles. The van der Waals surface area contributed by atoms with E-state index in [9.17, 15) is 9.90 Å². The Hall–Kier alpha value is -2.13. The first kappa shape index (κ1) is 11.9. The number of aromatic hydroxyl groups is 1. The SMILES string of the molecule is CC(=O)c1cc(-c2ccccc2)c2ccsc2c1O. The van der Waals surface area contributed by atoms with Crippen molar-refractivity contribution < 1.29 is 9.90 Å². The van der Waals surface area contributed by atoms with Crippen molar-refractivity contribution in [3.8, 4) is 16.9 Å². The molecule has 3 rings (SSSR count). The average Bonchev–Trinajstić information content (AvgIpc) is 2.89. The monoisotopic (exact) mass is 268 g/mol. The minimum atomic E-state index is -0.120. The molecular formula is C16H12O2S. The van der Waals surface area contributed by atoms with Crippen molar-refractivity contribution in [2.45, 2.75) is 6.92 Å². The average molecular weight is 268 g/mol. The van der Waals surface area contributed by atoms with Gasteiger partial charge >= 0.3 is 0 Å². The molecular weight excluding hydrogens is 256 g/mol. The lowest BCUT2D eigenvalue weighted by Crippen LogP contribution is -1.94. The van der Waals surface area contributed by atoms with E-state index in [1.54, 1.807) is 6.07 Å². The lowest BCUT2D eigenvalue weighted by atomic mass is 9.97. The van der Waals surface area contributed by atoms with Crippen molar-refractivity contribution in [2.75, 3.05) is 0 Å². The molecule has 0 unspecified atom stereocenters. The maximum atomic E-state index is 11.7. The Balaban J connectivity index is 2.39. The number of rotatable bonds is 2. The van der Waals surface area contributed by atoms with E-state index in [2.05, 4.69) is 0 Å². The molecule has 19 heavy (non-hydrogen) atoms.